The molecule has 0 aliphatic carbocycles. The number of nitrogens with zero attached hydrogens (tertiary/aromatic N) is 2. The van der Waals surface area contributed by atoms with Gasteiger partial charge in [-0.15, -0.1) is 0 Å². The summed E-state index contributed by atoms with van der Waals surface area (Å²) in [6.45, 7) is 1.90. The monoisotopic (exact) mass is 389 g/mol. The second-order valence-electron chi connectivity index (χ2n) is 7.06. The van der Waals surface area contributed by atoms with E-state index in [1.165, 1.54) is 6.07 Å². The maximum absolute atomic E-state index is 13.2. The first-order chi connectivity index (χ1) is 13.5. The van der Waals surface area contributed by atoms with Crippen LogP contribution in [0.15, 0.2) is 36.4 Å². The first kappa shape index (κ1) is 17.4. The smallest absolute Gasteiger partial charge is 0.416 e. The number of hydrogen-bond donors (Lipinski definition) is 1. The number of hydrogen-bond acceptors (Lipinski definition) is 4. The van der Waals surface area contributed by atoms with Crippen LogP contribution in [-0.2, 0) is 6.18 Å². The van der Waals surface area contributed by atoms with Crippen molar-refractivity contribution >= 4 is 11.0 Å². The van der Waals surface area contributed by atoms with Crippen molar-refractivity contribution in [3.8, 4) is 22.9 Å². The zero-order chi connectivity index (χ0) is 19.3. The Morgan fingerprint density at radius 3 is 2.57 bits per heavy atom. The summed E-state index contributed by atoms with van der Waals surface area (Å²) in [6, 6.07) is 9.48. The van der Waals surface area contributed by atoms with Crippen LogP contribution in [0.2, 0.25) is 0 Å². The molecule has 146 valence electrons. The Morgan fingerprint density at radius 1 is 1.00 bits per heavy atom. The lowest BCUT2D eigenvalue weighted by molar-refractivity contribution is -0.137. The molecule has 5 nitrogen and oxygen atoms in total. The van der Waals surface area contributed by atoms with E-state index in [9.17, 15) is 13.2 Å². The number of fused-ring (bicyclic) bond motifs is 2. The van der Waals surface area contributed by atoms with Gasteiger partial charge in [-0.05, 0) is 62.3 Å². The van der Waals surface area contributed by atoms with E-state index < -0.39 is 11.7 Å². The van der Waals surface area contributed by atoms with Gasteiger partial charge in [0.25, 0.3) is 0 Å². The quantitative estimate of drug-likeness (QED) is 0.707. The van der Waals surface area contributed by atoms with Gasteiger partial charge < -0.3 is 19.4 Å². The Morgan fingerprint density at radius 2 is 1.79 bits per heavy atom. The Bertz CT molecular complexity index is 1040. The zero-order valence-electron chi connectivity index (χ0n) is 14.9. The number of ether oxygens (including phenoxy) is 2. The fourth-order valence-corrected chi connectivity index (χ4v) is 3.95. The van der Waals surface area contributed by atoms with Gasteiger partial charge in [-0.1, -0.05) is 0 Å². The molecule has 5 rings (SSSR count). The van der Waals surface area contributed by atoms with E-state index >= 15 is 0 Å². The SMILES string of the molecule is FC(F)(F)c1ccc2c(c1)nc(-c1ccc3c(c1)OCO3)n2C1CCNCC1. The molecule has 3 aromatic rings. The molecule has 1 fully saturated rings. The lowest BCUT2D eigenvalue weighted by Gasteiger charge is -2.26. The maximum Gasteiger partial charge on any atom is 0.416 e. The topological polar surface area (TPSA) is 48.3 Å². The van der Waals surface area contributed by atoms with Crippen molar-refractivity contribution in [2.75, 3.05) is 19.9 Å². The van der Waals surface area contributed by atoms with Crippen molar-refractivity contribution in [3.05, 3.63) is 42.0 Å². The highest BCUT2D eigenvalue weighted by molar-refractivity contribution is 5.82. The highest BCUT2D eigenvalue weighted by atomic mass is 19.4. The number of benzene rings is 2. The minimum Gasteiger partial charge on any atom is -0.454 e. The predicted molar refractivity (Wildman–Crippen MR) is 97.4 cm³/mol. The van der Waals surface area contributed by atoms with Crippen molar-refractivity contribution in [2.45, 2.75) is 25.1 Å². The molecule has 0 unspecified atom stereocenters. The third kappa shape index (κ3) is 2.88. The summed E-state index contributed by atoms with van der Waals surface area (Å²) < 4.78 is 52.4. The number of alkyl halides is 3. The maximum atomic E-state index is 13.2. The molecule has 2 aromatic carbocycles. The Hall–Kier alpha value is -2.74. The summed E-state index contributed by atoms with van der Waals surface area (Å²) in [7, 11) is 0. The molecule has 0 radical (unpaired) electrons. The van der Waals surface area contributed by atoms with Crippen molar-refractivity contribution < 1.29 is 22.6 Å². The van der Waals surface area contributed by atoms with E-state index in [1.54, 1.807) is 0 Å². The van der Waals surface area contributed by atoms with E-state index in [0.717, 1.165) is 43.6 Å². The van der Waals surface area contributed by atoms with Crippen LogP contribution in [0.4, 0.5) is 13.2 Å². The van der Waals surface area contributed by atoms with Crippen molar-refractivity contribution in [2.24, 2.45) is 0 Å². The van der Waals surface area contributed by atoms with Crippen LogP contribution >= 0.6 is 0 Å². The molecule has 3 heterocycles. The fourth-order valence-electron chi connectivity index (χ4n) is 3.95. The van der Waals surface area contributed by atoms with Gasteiger partial charge in [0, 0.05) is 11.6 Å². The second-order valence-corrected chi connectivity index (χ2v) is 7.06. The van der Waals surface area contributed by atoms with E-state index in [0.29, 0.717) is 28.4 Å². The van der Waals surface area contributed by atoms with Crippen LogP contribution in [-0.4, -0.2) is 29.4 Å². The number of aromatic nitrogens is 2. The summed E-state index contributed by atoms with van der Waals surface area (Å²) in [4.78, 5) is 4.60. The van der Waals surface area contributed by atoms with Gasteiger partial charge in [0.15, 0.2) is 11.5 Å². The number of imidazole rings is 1. The number of rotatable bonds is 2. The molecule has 8 heteroatoms. The van der Waals surface area contributed by atoms with Gasteiger partial charge in [0.05, 0.1) is 16.6 Å². The average Bonchev–Trinajstić information content (AvgIpc) is 3.31. The van der Waals surface area contributed by atoms with Crippen LogP contribution in [0.1, 0.15) is 24.4 Å². The van der Waals surface area contributed by atoms with Gasteiger partial charge in [-0.3, -0.25) is 0 Å². The minimum atomic E-state index is -4.40. The molecule has 0 saturated carbocycles. The molecule has 1 N–H and O–H groups in total. The lowest BCUT2D eigenvalue weighted by Crippen LogP contribution is -2.29. The van der Waals surface area contributed by atoms with Gasteiger partial charge in [0.1, 0.15) is 5.82 Å². The standard InChI is InChI=1S/C20H18F3N3O2/c21-20(22,23)13-2-3-16-15(10-13)25-19(26(16)14-5-7-24-8-6-14)12-1-4-17-18(9-12)28-11-27-17/h1-4,9-10,14,24H,5-8,11H2. The molecule has 0 amide bonds. The van der Waals surface area contributed by atoms with Crippen molar-refractivity contribution in [1.29, 1.82) is 0 Å². The van der Waals surface area contributed by atoms with Gasteiger partial charge >= 0.3 is 6.18 Å². The van der Waals surface area contributed by atoms with Crippen LogP contribution in [0, 0.1) is 0 Å². The van der Waals surface area contributed by atoms with Crippen molar-refractivity contribution in [1.82, 2.24) is 14.9 Å². The number of halogens is 3. The third-order valence-electron chi connectivity index (χ3n) is 5.32. The minimum absolute atomic E-state index is 0.165. The molecule has 28 heavy (non-hydrogen) atoms. The third-order valence-corrected chi connectivity index (χ3v) is 5.32. The van der Waals surface area contributed by atoms with E-state index in [2.05, 4.69) is 14.9 Å². The summed E-state index contributed by atoms with van der Waals surface area (Å²) in [5.74, 6) is 1.93. The summed E-state index contributed by atoms with van der Waals surface area (Å²) in [5, 5.41) is 3.33. The Balaban J connectivity index is 1.69. The summed E-state index contributed by atoms with van der Waals surface area (Å²) in [5.41, 5.74) is 1.17. The number of nitrogens with one attached hydrogen (secondary N) is 1. The van der Waals surface area contributed by atoms with E-state index in [-0.39, 0.29) is 12.8 Å². The molecule has 2 aliphatic heterocycles. The number of piperidine rings is 1. The molecular formula is C20H18F3N3O2. The van der Waals surface area contributed by atoms with Crippen LogP contribution in [0.3, 0.4) is 0 Å². The highest BCUT2D eigenvalue weighted by Crippen LogP contribution is 2.39. The molecule has 0 atom stereocenters. The van der Waals surface area contributed by atoms with Crippen LogP contribution < -0.4 is 14.8 Å². The second kappa shape index (κ2) is 6.41. The molecule has 1 aromatic heterocycles. The lowest BCUT2D eigenvalue weighted by atomic mass is 10.0. The van der Waals surface area contributed by atoms with Crippen molar-refractivity contribution in [3.63, 3.8) is 0 Å². The first-order valence-corrected chi connectivity index (χ1v) is 9.20. The summed E-state index contributed by atoms with van der Waals surface area (Å²) >= 11 is 0. The van der Waals surface area contributed by atoms with Crippen LogP contribution in [0.25, 0.3) is 22.4 Å². The average molecular weight is 389 g/mol. The van der Waals surface area contributed by atoms with Gasteiger partial charge in [-0.25, -0.2) is 4.98 Å². The zero-order valence-corrected chi connectivity index (χ0v) is 14.9. The molecule has 2 aliphatic rings. The first-order valence-electron chi connectivity index (χ1n) is 9.20. The summed E-state index contributed by atoms with van der Waals surface area (Å²) in [6.07, 6.45) is -2.61. The molecular weight excluding hydrogens is 371 g/mol. The van der Waals surface area contributed by atoms with Crippen LogP contribution in [0.5, 0.6) is 11.5 Å². The normalized spacial score (nSPS) is 17.4. The predicted octanol–water partition coefficient (Wildman–Crippen LogP) is 4.38. The largest absolute Gasteiger partial charge is 0.454 e. The highest BCUT2D eigenvalue weighted by Gasteiger charge is 2.32. The molecule has 0 spiro atoms. The fraction of sp³-hybridized carbons (Fsp3) is 0.350. The van der Waals surface area contributed by atoms with E-state index in [1.807, 2.05) is 18.2 Å². The van der Waals surface area contributed by atoms with Gasteiger partial charge in [-0.2, -0.15) is 13.2 Å². The Kier molecular flexibility index (Phi) is 3.97. The van der Waals surface area contributed by atoms with E-state index in [4.69, 9.17) is 9.47 Å². The molecule has 1 saturated heterocycles. The molecule has 0 bridgehead atoms. The van der Waals surface area contributed by atoms with Gasteiger partial charge in [0.2, 0.25) is 6.79 Å². The Labute approximate surface area is 159 Å².